The molecule has 1 aromatic rings. The maximum absolute atomic E-state index is 11.4. The number of hydrogen-bond donors (Lipinski definition) is 2. The molecule has 92 valence electrons. The molecule has 0 spiro atoms. The zero-order chi connectivity index (χ0) is 12.8. The van der Waals surface area contributed by atoms with Crippen molar-refractivity contribution in [3.05, 3.63) is 35.9 Å². The van der Waals surface area contributed by atoms with Crippen molar-refractivity contribution in [1.29, 1.82) is 0 Å². The highest BCUT2D eigenvalue weighted by Gasteiger charge is 2.11. The first-order valence-corrected chi connectivity index (χ1v) is 5.33. The number of urea groups is 1. The van der Waals surface area contributed by atoms with Gasteiger partial charge in [0.25, 0.3) is 0 Å². The fraction of sp³-hybridized carbons (Fsp3) is 0.333. The van der Waals surface area contributed by atoms with E-state index in [1.807, 2.05) is 37.3 Å². The summed E-state index contributed by atoms with van der Waals surface area (Å²) in [6, 6.07) is 7.65. The fourth-order valence-corrected chi connectivity index (χ4v) is 1.32. The maximum Gasteiger partial charge on any atom is 0.315 e. The first-order valence-electron chi connectivity index (χ1n) is 5.33. The minimum atomic E-state index is -1.31. The molecule has 0 aromatic heterocycles. The summed E-state index contributed by atoms with van der Waals surface area (Å²) >= 11 is 0. The van der Waals surface area contributed by atoms with E-state index in [9.17, 15) is 14.7 Å². The van der Waals surface area contributed by atoms with E-state index in [2.05, 4.69) is 10.6 Å². The lowest BCUT2D eigenvalue weighted by atomic mass is 10.1. The molecule has 0 aliphatic heterocycles. The zero-order valence-electron chi connectivity index (χ0n) is 9.77. The third-order valence-corrected chi connectivity index (χ3v) is 2.35. The summed E-state index contributed by atoms with van der Waals surface area (Å²) in [4.78, 5) is 21.9. The largest absolute Gasteiger partial charge is 0.548 e. The van der Waals surface area contributed by atoms with Crippen LogP contribution in [-0.4, -0.2) is 18.0 Å². The van der Waals surface area contributed by atoms with Gasteiger partial charge in [0.05, 0.1) is 18.1 Å². The van der Waals surface area contributed by atoms with Crippen molar-refractivity contribution in [2.75, 3.05) is 0 Å². The first kappa shape index (κ1) is 13.0. The van der Waals surface area contributed by atoms with E-state index >= 15 is 0 Å². The van der Waals surface area contributed by atoms with E-state index in [0.29, 0.717) is 0 Å². The van der Waals surface area contributed by atoms with Crippen LogP contribution in [0.4, 0.5) is 4.79 Å². The normalized spacial score (nSPS) is 13.5. The van der Waals surface area contributed by atoms with Gasteiger partial charge in [0.15, 0.2) is 0 Å². The molecule has 0 saturated carbocycles. The van der Waals surface area contributed by atoms with Crippen LogP contribution >= 0.6 is 0 Å². The number of carboxylic acid groups (broad SMARTS) is 1. The number of hydrogen-bond acceptors (Lipinski definition) is 3. The van der Waals surface area contributed by atoms with Crippen LogP contribution in [0.1, 0.15) is 25.5 Å². The Labute approximate surface area is 99.8 Å². The van der Waals surface area contributed by atoms with Gasteiger partial charge in [-0.25, -0.2) is 4.79 Å². The Kier molecular flexibility index (Phi) is 4.51. The van der Waals surface area contributed by atoms with Crippen molar-refractivity contribution in [2.24, 2.45) is 0 Å². The Morgan fingerprint density at radius 2 is 1.71 bits per heavy atom. The van der Waals surface area contributed by atoms with E-state index in [0.717, 1.165) is 5.56 Å². The van der Waals surface area contributed by atoms with Gasteiger partial charge in [-0.3, -0.25) is 0 Å². The maximum atomic E-state index is 11.4. The van der Waals surface area contributed by atoms with Gasteiger partial charge in [-0.2, -0.15) is 0 Å². The number of aliphatic carboxylic acids is 1. The van der Waals surface area contributed by atoms with Crippen molar-refractivity contribution >= 4 is 12.0 Å². The van der Waals surface area contributed by atoms with Crippen LogP contribution in [-0.2, 0) is 4.79 Å². The summed E-state index contributed by atoms with van der Waals surface area (Å²) in [6.45, 7) is 3.17. The van der Waals surface area contributed by atoms with Gasteiger partial charge >= 0.3 is 6.03 Å². The van der Waals surface area contributed by atoms with Gasteiger partial charge in [-0.15, -0.1) is 0 Å². The summed E-state index contributed by atoms with van der Waals surface area (Å²) < 4.78 is 0. The van der Waals surface area contributed by atoms with Gasteiger partial charge in [-0.1, -0.05) is 30.3 Å². The summed E-state index contributed by atoms with van der Waals surface area (Å²) in [5.41, 5.74) is 0.948. The number of rotatable bonds is 4. The highest BCUT2D eigenvalue weighted by atomic mass is 16.4. The molecule has 0 radical (unpaired) electrons. The van der Waals surface area contributed by atoms with Gasteiger partial charge in [0.2, 0.25) is 0 Å². The third kappa shape index (κ3) is 4.14. The molecule has 0 fully saturated rings. The molecule has 0 aliphatic carbocycles. The predicted molar refractivity (Wildman–Crippen MR) is 61.0 cm³/mol. The number of carboxylic acids is 1. The second-order valence-corrected chi connectivity index (χ2v) is 3.79. The van der Waals surface area contributed by atoms with Crippen LogP contribution in [0.2, 0.25) is 0 Å². The van der Waals surface area contributed by atoms with Gasteiger partial charge < -0.3 is 20.5 Å². The molecule has 5 nitrogen and oxygen atoms in total. The number of benzene rings is 1. The van der Waals surface area contributed by atoms with Crippen LogP contribution in [0.15, 0.2) is 30.3 Å². The summed E-state index contributed by atoms with van der Waals surface area (Å²) in [6.07, 6.45) is 0. The number of nitrogens with one attached hydrogen (secondary N) is 2. The molecular formula is C12H15N2O3-. The summed E-state index contributed by atoms with van der Waals surface area (Å²) in [5.74, 6) is -1.31. The SMILES string of the molecule is C[C@H](NC(=O)N[C@H](C)c1ccccc1)C(=O)[O-]. The highest BCUT2D eigenvalue weighted by Crippen LogP contribution is 2.10. The molecule has 2 atom stereocenters. The fourth-order valence-electron chi connectivity index (χ4n) is 1.32. The first-order chi connectivity index (χ1) is 8.00. The Bertz CT molecular complexity index is 392. The van der Waals surface area contributed by atoms with E-state index in [1.54, 1.807) is 0 Å². The van der Waals surface area contributed by atoms with E-state index < -0.39 is 18.0 Å². The van der Waals surface area contributed by atoms with Gasteiger partial charge in [-0.05, 0) is 19.4 Å². The molecule has 1 aromatic carbocycles. The molecule has 0 unspecified atom stereocenters. The quantitative estimate of drug-likeness (QED) is 0.781. The summed E-state index contributed by atoms with van der Waals surface area (Å²) in [5, 5.41) is 15.3. The Balaban J connectivity index is 2.49. The minimum absolute atomic E-state index is 0.190. The topological polar surface area (TPSA) is 81.3 Å². The molecular weight excluding hydrogens is 220 g/mol. The molecule has 0 heterocycles. The lowest BCUT2D eigenvalue weighted by molar-refractivity contribution is -0.307. The number of carbonyl (C=O) groups excluding carboxylic acids is 2. The predicted octanol–water partition coefficient (Wildman–Crippen LogP) is 0.185. The van der Waals surface area contributed by atoms with Crippen molar-refractivity contribution in [3.8, 4) is 0 Å². The van der Waals surface area contributed by atoms with Crippen LogP contribution in [0.3, 0.4) is 0 Å². The monoisotopic (exact) mass is 235 g/mol. The van der Waals surface area contributed by atoms with Crippen LogP contribution in [0.25, 0.3) is 0 Å². The van der Waals surface area contributed by atoms with Crippen LogP contribution in [0, 0.1) is 0 Å². The number of carbonyl (C=O) groups is 2. The van der Waals surface area contributed by atoms with Crippen LogP contribution < -0.4 is 15.7 Å². The zero-order valence-corrected chi connectivity index (χ0v) is 9.77. The van der Waals surface area contributed by atoms with Crippen molar-refractivity contribution in [1.82, 2.24) is 10.6 Å². The van der Waals surface area contributed by atoms with E-state index in [-0.39, 0.29) is 6.04 Å². The lowest BCUT2D eigenvalue weighted by Crippen LogP contribution is -2.49. The molecule has 2 N–H and O–H groups in total. The third-order valence-electron chi connectivity index (χ3n) is 2.35. The van der Waals surface area contributed by atoms with Gasteiger partial charge in [0.1, 0.15) is 0 Å². The van der Waals surface area contributed by atoms with Crippen molar-refractivity contribution in [2.45, 2.75) is 25.9 Å². The molecule has 5 heteroatoms. The molecule has 0 saturated heterocycles. The Morgan fingerprint density at radius 1 is 1.12 bits per heavy atom. The molecule has 0 aliphatic rings. The highest BCUT2D eigenvalue weighted by molar-refractivity contribution is 5.81. The Morgan fingerprint density at radius 3 is 2.24 bits per heavy atom. The Hall–Kier alpha value is -2.04. The lowest BCUT2D eigenvalue weighted by Gasteiger charge is -2.18. The van der Waals surface area contributed by atoms with Crippen LogP contribution in [0.5, 0.6) is 0 Å². The second kappa shape index (κ2) is 5.89. The van der Waals surface area contributed by atoms with Crippen molar-refractivity contribution in [3.63, 3.8) is 0 Å². The summed E-state index contributed by atoms with van der Waals surface area (Å²) in [7, 11) is 0. The molecule has 1 rings (SSSR count). The van der Waals surface area contributed by atoms with Gasteiger partial charge in [0, 0.05) is 0 Å². The molecule has 2 amide bonds. The number of amides is 2. The molecule has 17 heavy (non-hydrogen) atoms. The van der Waals surface area contributed by atoms with E-state index in [1.165, 1.54) is 6.92 Å². The average Bonchev–Trinajstić information content (AvgIpc) is 2.29. The standard InChI is InChI=1S/C12H16N2O3/c1-8(10-6-4-3-5-7-10)13-12(17)14-9(2)11(15)16/h3-9H,1-2H3,(H,15,16)(H2,13,14,17)/p-1/t8-,9+/m1/s1. The second-order valence-electron chi connectivity index (χ2n) is 3.79. The molecule has 0 bridgehead atoms. The smallest absolute Gasteiger partial charge is 0.315 e. The minimum Gasteiger partial charge on any atom is -0.548 e. The van der Waals surface area contributed by atoms with E-state index in [4.69, 9.17) is 0 Å². The average molecular weight is 235 g/mol. The van der Waals surface area contributed by atoms with Crippen molar-refractivity contribution < 1.29 is 14.7 Å².